The Morgan fingerprint density at radius 1 is 0.524 bits per heavy atom. The SMILES string of the molecule is CC1=C(C(C)C)C(Cl)([Si]C2(Cl)C(C(C)C)=C(C)c3c(-c4ccccc4)cccc32)c2cccc(-c3ccccc3)c21.[Zr]. The maximum absolute atomic E-state index is 8.07. The summed E-state index contributed by atoms with van der Waals surface area (Å²) in [5.74, 6) is 0.556. The van der Waals surface area contributed by atoms with E-state index in [4.69, 9.17) is 23.2 Å². The number of alkyl halides is 2. The molecular formula is C38H36Cl2SiZr. The molecule has 2 atom stereocenters. The fourth-order valence-corrected chi connectivity index (χ4v) is 11.9. The van der Waals surface area contributed by atoms with Crippen molar-refractivity contribution in [1.29, 1.82) is 0 Å². The number of hydrogen-bond acceptors (Lipinski definition) is 0. The average Bonchev–Trinajstić information content (AvgIpc) is 3.32. The second kappa shape index (κ2) is 11.9. The van der Waals surface area contributed by atoms with Gasteiger partial charge in [-0.1, -0.05) is 125 Å². The van der Waals surface area contributed by atoms with Gasteiger partial charge in [0.25, 0.3) is 0 Å². The summed E-state index contributed by atoms with van der Waals surface area (Å²) in [5, 5.41) is 0. The first-order chi connectivity index (χ1) is 19.6. The van der Waals surface area contributed by atoms with E-state index in [2.05, 4.69) is 139 Å². The zero-order valence-electron chi connectivity index (χ0n) is 25.1. The van der Waals surface area contributed by atoms with Gasteiger partial charge >= 0.3 is 0 Å². The monoisotopic (exact) mass is 680 g/mol. The van der Waals surface area contributed by atoms with Crippen LogP contribution in [0.4, 0.5) is 0 Å². The molecule has 2 aliphatic rings. The van der Waals surface area contributed by atoms with Crippen molar-refractivity contribution in [2.24, 2.45) is 11.8 Å². The van der Waals surface area contributed by atoms with E-state index in [0.717, 1.165) is 0 Å². The molecule has 0 saturated carbocycles. The summed E-state index contributed by atoms with van der Waals surface area (Å²) in [6, 6.07) is 34.6. The minimum atomic E-state index is -0.703. The van der Waals surface area contributed by atoms with Crippen molar-refractivity contribution in [3.63, 3.8) is 0 Å². The van der Waals surface area contributed by atoms with Gasteiger partial charge in [-0.25, -0.2) is 0 Å². The molecule has 4 aromatic rings. The first kappa shape index (κ1) is 31.5. The first-order valence-corrected chi connectivity index (χ1v) is 16.3. The van der Waals surface area contributed by atoms with Crippen LogP contribution in [0.2, 0.25) is 0 Å². The van der Waals surface area contributed by atoms with E-state index >= 15 is 0 Å². The summed E-state index contributed by atoms with van der Waals surface area (Å²) >= 11 is 16.1. The molecule has 0 heterocycles. The van der Waals surface area contributed by atoms with Gasteiger partial charge in [0.15, 0.2) is 0 Å². The number of rotatable bonds is 6. The second-order valence-corrected chi connectivity index (χ2v) is 15.5. The molecule has 2 aliphatic carbocycles. The zero-order valence-corrected chi connectivity index (χ0v) is 30.1. The van der Waals surface area contributed by atoms with E-state index < -0.39 is 8.99 Å². The van der Waals surface area contributed by atoms with E-state index in [1.165, 1.54) is 66.8 Å². The van der Waals surface area contributed by atoms with Crippen molar-refractivity contribution in [2.45, 2.75) is 50.5 Å². The number of halogens is 2. The van der Waals surface area contributed by atoms with Crippen molar-refractivity contribution >= 4 is 43.9 Å². The molecule has 4 heteroatoms. The minimum absolute atomic E-state index is 0. The van der Waals surface area contributed by atoms with E-state index in [-0.39, 0.29) is 47.6 Å². The quantitative estimate of drug-likeness (QED) is 0.140. The predicted octanol–water partition coefficient (Wildman–Crippen LogP) is 11.1. The van der Waals surface area contributed by atoms with Crippen molar-refractivity contribution in [3.8, 4) is 22.3 Å². The third kappa shape index (κ3) is 4.82. The van der Waals surface area contributed by atoms with Crippen molar-refractivity contribution in [2.75, 3.05) is 0 Å². The molecule has 0 saturated heterocycles. The normalized spacial score (nSPS) is 21.2. The summed E-state index contributed by atoms with van der Waals surface area (Å²) in [6.45, 7) is 13.6. The van der Waals surface area contributed by atoms with Gasteiger partial charge in [0, 0.05) is 26.2 Å². The Kier molecular flexibility index (Phi) is 8.88. The molecule has 6 rings (SSSR count). The largest absolute Gasteiger partial charge is 0.118 e. The molecule has 0 spiro atoms. The van der Waals surface area contributed by atoms with Crippen LogP contribution in [0.1, 0.15) is 63.8 Å². The van der Waals surface area contributed by atoms with Gasteiger partial charge in [0.1, 0.15) is 9.52 Å². The Bertz CT molecular complexity index is 1580. The summed E-state index contributed by atoms with van der Waals surface area (Å²) in [6.07, 6.45) is 0. The molecule has 0 fully saturated rings. The Morgan fingerprint density at radius 2 is 0.881 bits per heavy atom. The maximum atomic E-state index is 8.07. The van der Waals surface area contributed by atoms with E-state index in [0.29, 0.717) is 0 Å². The van der Waals surface area contributed by atoms with E-state index in [1.807, 2.05) is 0 Å². The molecule has 2 radical (unpaired) electrons. The smallest absolute Gasteiger partial charge is 0.114 e. The predicted molar refractivity (Wildman–Crippen MR) is 179 cm³/mol. The molecule has 210 valence electrons. The zero-order chi connectivity index (χ0) is 29.1. The molecule has 0 aliphatic heterocycles. The first-order valence-electron chi connectivity index (χ1n) is 14.6. The molecular weight excluding hydrogens is 647 g/mol. The minimum Gasteiger partial charge on any atom is -0.114 e. The van der Waals surface area contributed by atoms with Crippen LogP contribution in [0, 0.1) is 11.8 Å². The fourth-order valence-electron chi connectivity index (χ4n) is 7.45. The van der Waals surface area contributed by atoms with Crippen LogP contribution in [0.3, 0.4) is 0 Å². The molecule has 0 nitrogen and oxygen atoms in total. The Hall–Kier alpha value is -1.96. The molecule has 42 heavy (non-hydrogen) atoms. The van der Waals surface area contributed by atoms with Gasteiger partial charge in [-0.3, -0.25) is 0 Å². The molecule has 0 N–H and O–H groups in total. The second-order valence-electron chi connectivity index (χ2n) is 12.0. The van der Waals surface area contributed by atoms with Gasteiger partial charge in [-0.05, 0) is 92.5 Å². The van der Waals surface area contributed by atoms with Crippen LogP contribution >= 0.6 is 23.2 Å². The Labute approximate surface area is 283 Å². The number of fused-ring (bicyclic) bond motifs is 2. The van der Waals surface area contributed by atoms with Gasteiger partial charge in [-0.2, -0.15) is 0 Å². The fraction of sp³-hybridized carbons (Fsp3) is 0.263. The average molecular weight is 683 g/mol. The van der Waals surface area contributed by atoms with Crippen LogP contribution in [0.5, 0.6) is 0 Å². The third-order valence-corrected chi connectivity index (χ3v) is 12.0. The molecule has 4 aromatic carbocycles. The van der Waals surface area contributed by atoms with E-state index in [1.54, 1.807) is 0 Å². The third-order valence-electron chi connectivity index (χ3n) is 8.84. The molecule has 0 aromatic heterocycles. The maximum Gasteiger partial charge on any atom is 0.118 e. The van der Waals surface area contributed by atoms with Crippen LogP contribution in [0.15, 0.2) is 108 Å². The molecule has 0 bridgehead atoms. The summed E-state index contributed by atoms with van der Waals surface area (Å²) in [7, 11) is 0.221. The number of hydrogen-bond donors (Lipinski definition) is 0. The molecule has 2 unspecified atom stereocenters. The van der Waals surface area contributed by atoms with Crippen molar-refractivity contribution in [1.82, 2.24) is 0 Å². The van der Waals surface area contributed by atoms with Crippen LogP contribution in [0.25, 0.3) is 33.4 Å². The van der Waals surface area contributed by atoms with Crippen LogP contribution < -0.4 is 0 Å². The standard InChI is InChI=1S/C38H36Cl2Si.Zr/c1-23(2)35-25(5)33-29(27-15-9-7-10-16-27)19-13-21-31(33)37(35,39)41-38(40)32-22-14-20-30(28-17-11-8-12-18-28)34(32)26(6)36(38)24(3)4;/h7-24H,1-6H3;. The van der Waals surface area contributed by atoms with Crippen molar-refractivity contribution < 1.29 is 26.2 Å². The molecule has 0 amide bonds. The Balaban J connectivity index is 0.00000353. The summed E-state index contributed by atoms with van der Waals surface area (Å²) < 4.78 is -1.41. The van der Waals surface area contributed by atoms with Gasteiger partial charge in [-0.15, -0.1) is 23.2 Å². The van der Waals surface area contributed by atoms with E-state index in [9.17, 15) is 0 Å². The van der Waals surface area contributed by atoms with Gasteiger partial charge in [0.05, 0.1) is 8.99 Å². The van der Waals surface area contributed by atoms with Crippen LogP contribution in [-0.4, -0.2) is 9.52 Å². The Morgan fingerprint density at radius 3 is 1.21 bits per heavy atom. The van der Waals surface area contributed by atoms with Crippen molar-refractivity contribution in [3.05, 3.63) is 130 Å². The summed E-state index contributed by atoms with van der Waals surface area (Å²) in [4.78, 5) is 0. The number of benzene rings is 4. The van der Waals surface area contributed by atoms with Crippen LogP contribution in [-0.2, 0) is 35.2 Å². The topological polar surface area (TPSA) is 0 Å². The summed E-state index contributed by atoms with van der Waals surface area (Å²) in [5.41, 5.74) is 15.0. The van der Waals surface area contributed by atoms with Gasteiger partial charge < -0.3 is 0 Å². The number of allylic oxidation sites excluding steroid dienone is 4. The van der Waals surface area contributed by atoms with Gasteiger partial charge in [0.2, 0.25) is 0 Å².